The van der Waals surface area contributed by atoms with Gasteiger partial charge in [0.05, 0.1) is 35.4 Å². The van der Waals surface area contributed by atoms with E-state index in [0.29, 0.717) is 11.8 Å². The molecule has 2 rings (SSSR count). The van der Waals surface area contributed by atoms with Gasteiger partial charge in [-0.1, -0.05) is 33.8 Å². The number of alkyl halides is 1. The van der Waals surface area contributed by atoms with Crippen molar-refractivity contribution in [2.24, 2.45) is 11.8 Å². The highest BCUT2D eigenvalue weighted by atomic mass is 35.5. The van der Waals surface area contributed by atoms with Crippen molar-refractivity contribution in [2.45, 2.75) is 58.5 Å². The maximum absolute atomic E-state index is 12.3. The number of methoxy groups -OCH3 is 1. The lowest BCUT2D eigenvalue weighted by atomic mass is 9.84. The highest BCUT2D eigenvalue weighted by Crippen LogP contribution is 2.35. The van der Waals surface area contributed by atoms with Crippen LogP contribution in [0.25, 0.3) is 0 Å². The third kappa shape index (κ3) is 5.32. The van der Waals surface area contributed by atoms with Crippen molar-refractivity contribution in [1.29, 1.82) is 0 Å². The molecule has 1 saturated heterocycles. The topological polar surface area (TPSA) is 53.6 Å². The van der Waals surface area contributed by atoms with E-state index in [4.69, 9.17) is 16.3 Å². The molecule has 2 N–H and O–H groups in total. The fourth-order valence-electron chi connectivity index (χ4n) is 3.48. The molecule has 6 heteroatoms. The summed E-state index contributed by atoms with van der Waals surface area (Å²) in [6.07, 6.45) is 0.0249. The second-order valence-corrected chi connectivity index (χ2v) is 9.65. The van der Waals surface area contributed by atoms with Crippen LogP contribution >= 0.6 is 11.6 Å². The molecule has 0 aromatic heterocycles. The van der Waals surface area contributed by atoms with Crippen LogP contribution in [0.4, 0.5) is 11.4 Å². The van der Waals surface area contributed by atoms with Gasteiger partial charge >= 0.3 is 5.97 Å². The van der Waals surface area contributed by atoms with Crippen LogP contribution in [0, 0.1) is 11.8 Å². The number of ether oxygens (including phenoxy) is 1. The van der Waals surface area contributed by atoms with Crippen molar-refractivity contribution in [3.05, 3.63) is 23.8 Å². The smallest absolute Gasteiger partial charge is 0.315 e. The number of rotatable bonds is 9. The van der Waals surface area contributed by atoms with Gasteiger partial charge < -0.3 is 15.0 Å². The first-order valence-corrected chi connectivity index (χ1v) is 10.6. The van der Waals surface area contributed by atoms with E-state index < -0.39 is 5.41 Å². The van der Waals surface area contributed by atoms with E-state index in [0.717, 1.165) is 36.6 Å². The maximum Gasteiger partial charge on any atom is 0.315 e. The largest absolute Gasteiger partial charge is 0.468 e. The summed E-state index contributed by atoms with van der Waals surface area (Å²) in [5, 5.41) is 6.94. The third-order valence-corrected chi connectivity index (χ3v) is 5.54. The number of anilines is 2. The molecule has 0 saturated carbocycles. The van der Waals surface area contributed by atoms with Gasteiger partial charge in [0.2, 0.25) is 0 Å². The molecule has 0 aliphatic carbocycles. The molecule has 28 heavy (non-hydrogen) atoms. The van der Waals surface area contributed by atoms with Gasteiger partial charge in [-0.05, 0) is 43.4 Å². The zero-order valence-electron chi connectivity index (χ0n) is 18.3. The quantitative estimate of drug-likeness (QED) is 0.472. The molecule has 1 aromatic carbocycles. The maximum atomic E-state index is 12.3. The monoisotopic (exact) mass is 409 g/mol. The number of halogens is 1. The molecular weight excluding hydrogens is 374 g/mol. The van der Waals surface area contributed by atoms with E-state index in [-0.39, 0.29) is 17.5 Å². The van der Waals surface area contributed by atoms with E-state index in [1.807, 2.05) is 19.9 Å². The number of hydrogen-bond donors (Lipinski definition) is 2. The minimum Gasteiger partial charge on any atom is -0.468 e. The predicted octanol–water partition coefficient (Wildman–Crippen LogP) is 4.20. The van der Waals surface area contributed by atoms with E-state index in [1.165, 1.54) is 7.11 Å². The first kappa shape index (κ1) is 22.8. The summed E-state index contributed by atoms with van der Waals surface area (Å²) >= 11 is 6.36. The van der Waals surface area contributed by atoms with Gasteiger partial charge in [0.1, 0.15) is 0 Å². The van der Waals surface area contributed by atoms with E-state index in [9.17, 15) is 4.79 Å². The Morgan fingerprint density at radius 2 is 1.89 bits per heavy atom. The van der Waals surface area contributed by atoms with Gasteiger partial charge in [0.25, 0.3) is 0 Å². The van der Waals surface area contributed by atoms with Crippen molar-refractivity contribution < 1.29 is 9.53 Å². The summed E-state index contributed by atoms with van der Waals surface area (Å²) in [7, 11) is 1.43. The van der Waals surface area contributed by atoms with Crippen LogP contribution in [0.3, 0.4) is 0 Å². The number of benzene rings is 1. The zero-order chi connectivity index (χ0) is 21.1. The lowest BCUT2D eigenvalue weighted by Gasteiger charge is -2.38. The van der Waals surface area contributed by atoms with Crippen LogP contribution in [-0.2, 0) is 14.9 Å². The van der Waals surface area contributed by atoms with Crippen LogP contribution in [0.2, 0.25) is 0 Å². The van der Waals surface area contributed by atoms with Gasteiger partial charge in [-0.15, -0.1) is 11.6 Å². The average Bonchev–Trinajstić information content (AvgIpc) is 2.62. The van der Waals surface area contributed by atoms with Crippen molar-refractivity contribution in [3.8, 4) is 0 Å². The fourth-order valence-corrected chi connectivity index (χ4v) is 3.72. The molecule has 1 heterocycles. The molecule has 1 fully saturated rings. The number of nitrogens with one attached hydrogen (secondary N) is 2. The molecule has 1 aliphatic rings. The lowest BCUT2D eigenvalue weighted by molar-refractivity contribution is -0.146. The summed E-state index contributed by atoms with van der Waals surface area (Å²) in [6, 6.07) is 6.23. The molecule has 2 atom stereocenters. The Balaban J connectivity index is 2.46. The zero-order valence-corrected chi connectivity index (χ0v) is 19.1. The Morgan fingerprint density at radius 1 is 1.29 bits per heavy atom. The van der Waals surface area contributed by atoms with Crippen LogP contribution in [0.1, 0.15) is 47.1 Å². The molecule has 0 bridgehead atoms. The predicted molar refractivity (Wildman–Crippen MR) is 118 cm³/mol. The highest BCUT2D eigenvalue weighted by molar-refractivity contribution is 6.22. The fraction of sp³-hybridized carbons (Fsp3) is 0.682. The van der Waals surface area contributed by atoms with E-state index in [1.54, 1.807) is 0 Å². The second kappa shape index (κ2) is 9.36. The van der Waals surface area contributed by atoms with E-state index in [2.05, 4.69) is 55.4 Å². The summed E-state index contributed by atoms with van der Waals surface area (Å²) in [5.74, 6) is 0.838. The van der Waals surface area contributed by atoms with Crippen molar-refractivity contribution in [2.75, 3.05) is 37.0 Å². The minimum atomic E-state index is -0.724. The Kier molecular flexibility index (Phi) is 7.63. The van der Waals surface area contributed by atoms with Crippen LogP contribution in [-0.4, -0.2) is 44.3 Å². The molecule has 0 spiro atoms. The van der Waals surface area contributed by atoms with Gasteiger partial charge in [-0.3, -0.25) is 10.1 Å². The van der Waals surface area contributed by atoms with Gasteiger partial charge in [-0.25, -0.2) is 0 Å². The molecule has 1 aliphatic heterocycles. The van der Waals surface area contributed by atoms with Crippen molar-refractivity contribution in [1.82, 2.24) is 5.32 Å². The van der Waals surface area contributed by atoms with Gasteiger partial charge in [0.15, 0.2) is 0 Å². The van der Waals surface area contributed by atoms with Crippen molar-refractivity contribution in [3.63, 3.8) is 0 Å². The van der Waals surface area contributed by atoms with E-state index >= 15 is 0 Å². The summed E-state index contributed by atoms with van der Waals surface area (Å²) < 4.78 is 5.02. The summed E-state index contributed by atoms with van der Waals surface area (Å²) in [4.78, 5) is 14.7. The standard InChI is InChI=1S/C22H36ClN3O2/c1-14(2)12-26(13-15(3)4)19-9-8-16(22(5,6)21(27)28-7)10-18(19)25-20-17(23)11-24-20/h8-10,14-15,17,20,24-25H,11-13H2,1-7H3/t17-,20?/m1/s1. The third-order valence-electron chi connectivity index (χ3n) is 5.13. The second-order valence-electron chi connectivity index (χ2n) is 9.09. The Morgan fingerprint density at radius 3 is 2.32 bits per heavy atom. The van der Waals surface area contributed by atoms with Crippen LogP contribution in [0.5, 0.6) is 0 Å². The molecule has 0 radical (unpaired) electrons. The first-order valence-electron chi connectivity index (χ1n) is 10.2. The van der Waals surface area contributed by atoms with Crippen LogP contribution in [0.15, 0.2) is 18.2 Å². The van der Waals surface area contributed by atoms with Crippen LogP contribution < -0.4 is 15.5 Å². The number of carbonyl (C=O) groups is 1. The molecule has 158 valence electrons. The normalized spacial score (nSPS) is 19.5. The number of hydrogen-bond acceptors (Lipinski definition) is 5. The molecule has 1 unspecified atom stereocenters. The Hall–Kier alpha value is -1.46. The first-order chi connectivity index (χ1) is 13.1. The van der Waals surface area contributed by atoms with Crippen molar-refractivity contribution >= 4 is 28.9 Å². The van der Waals surface area contributed by atoms with Gasteiger partial charge in [0, 0.05) is 19.6 Å². The highest BCUT2D eigenvalue weighted by Gasteiger charge is 2.33. The molecule has 0 amide bonds. The Bertz CT molecular complexity index is 666. The molecule has 1 aromatic rings. The SMILES string of the molecule is COC(=O)C(C)(C)c1ccc(N(CC(C)C)CC(C)C)c(NC2NC[C@H]2Cl)c1. The molecular formula is C22H36ClN3O2. The Labute approximate surface area is 175 Å². The van der Waals surface area contributed by atoms with Gasteiger partial charge in [-0.2, -0.15) is 0 Å². The average molecular weight is 410 g/mol. The summed E-state index contributed by atoms with van der Waals surface area (Å²) in [6.45, 7) is 15.4. The minimum absolute atomic E-state index is 0.0249. The summed E-state index contributed by atoms with van der Waals surface area (Å²) in [5.41, 5.74) is 2.34. The molecule has 5 nitrogen and oxygen atoms in total. The number of carbonyl (C=O) groups excluding carboxylic acids is 1. The number of esters is 1. The lowest BCUT2D eigenvalue weighted by Crippen LogP contribution is -2.58. The number of nitrogens with zero attached hydrogens (tertiary/aromatic N) is 1.